The van der Waals surface area contributed by atoms with Crippen molar-refractivity contribution in [3.63, 3.8) is 0 Å². The molecule has 0 amide bonds. The zero-order chi connectivity index (χ0) is 5.54. The molecule has 40 valence electrons. The Kier molecular flexibility index (Phi) is 5.76. The van der Waals surface area contributed by atoms with E-state index >= 15 is 0 Å². The molecule has 0 aliphatic heterocycles. The second kappa shape index (κ2) is 5.87. The summed E-state index contributed by atoms with van der Waals surface area (Å²) >= 11 is 1.62. The molecule has 0 spiro atoms. The van der Waals surface area contributed by atoms with Crippen molar-refractivity contribution in [1.82, 2.24) is 0 Å². The molecule has 0 aliphatic rings. The van der Waals surface area contributed by atoms with Gasteiger partial charge in [0.05, 0.1) is 5.94 Å². The van der Waals surface area contributed by atoms with Crippen LogP contribution in [0.5, 0.6) is 0 Å². The van der Waals surface area contributed by atoms with E-state index in [-0.39, 0.29) is 0 Å². The predicted octanol–water partition coefficient (Wildman–Crippen LogP) is 0.957. The number of ether oxygens (including phenoxy) is 1. The lowest BCUT2D eigenvalue weighted by molar-refractivity contribution is 0.222. The first-order valence-electron chi connectivity index (χ1n) is 1.92. The van der Waals surface area contributed by atoms with Crippen LogP contribution in [0.4, 0.5) is 0 Å². The van der Waals surface area contributed by atoms with Gasteiger partial charge in [-0.05, 0) is 6.26 Å². The molecular formula is C5H8OS. The van der Waals surface area contributed by atoms with Gasteiger partial charge >= 0.3 is 0 Å². The molecular weight excluding hydrogens is 108 g/mol. The quantitative estimate of drug-likeness (QED) is 0.308. The van der Waals surface area contributed by atoms with Crippen molar-refractivity contribution in [3.8, 4) is 12.3 Å². The van der Waals surface area contributed by atoms with Gasteiger partial charge in [0.15, 0.2) is 0 Å². The summed E-state index contributed by atoms with van der Waals surface area (Å²) in [6.07, 6.45) is 6.85. The van der Waals surface area contributed by atoms with Gasteiger partial charge in [-0.2, -0.15) is 0 Å². The van der Waals surface area contributed by atoms with E-state index in [2.05, 4.69) is 5.92 Å². The Morgan fingerprint density at radius 2 is 2.57 bits per heavy atom. The SMILES string of the molecule is C#CCOCSC. The van der Waals surface area contributed by atoms with Gasteiger partial charge in [0.2, 0.25) is 0 Å². The van der Waals surface area contributed by atoms with Crippen molar-refractivity contribution >= 4 is 11.8 Å². The lowest BCUT2D eigenvalue weighted by atomic mass is 10.8. The summed E-state index contributed by atoms with van der Waals surface area (Å²) in [7, 11) is 0. The maximum atomic E-state index is 4.89. The number of rotatable bonds is 3. The Morgan fingerprint density at radius 3 is 3.00 bits per heavy atom. The van der Waals surface area contributed by atoms with Gasteiger partial charge in [0, 0.05) is 0 Å². The molecule has 0 aromatic heterocycles. The summed E-state index contributed by atoms with van der Waals surface area (Å²) in [6, 6.07) is 0. The van der Waals surface area contributed by atoms with Crippen molar-refractivity contribution in [1.29, 1.82) is 0 Å². The lowest BCUT2D eigenvalue weighted by Gasteiger charge is -1.91. The normalized spacial score (nSPS) is 8.00. The maximum absolute atomic E-state index is 4.89. The molecule has 0 aromatic carbocycles. The lowest BCUT2D eigenvalue weighted by Crippen LogP contribution is -1.87. The fourth-order valence-corrected chi connectivity index (χ4v) is 0.434. The molecule has 2 heteroatoms. The van der Waals surface area contributed by atoms with E-state index in [4.69, 9.17) is 11.2 Å². The van der Waals surface area contributed by atoms with Gasteiger partial charge in [-0.15, -0.1) is 18.2 Å². The second-order valence-corrected chi connectivity index (χ2v) is 1.77. The highest BCUT2D eigenvalue weighted by Crippen LogP contribution is 1.89. The first kappa shape index (κ1) is 6.87. The zero-order valence-electron chi connectivity index (χ0n) is 4.31. The summed E-state index contributed by atoms with van der Waals surface area (Å²) in [5.41, 5.74) is 0. The standard InChI is InChI=1S/C5H8OS/c1-3-4-6-5-7-2/h1H,4-5H2,2H3. The molecule has 0 radical (unpaired) electrons. The van der Waals surface area contributed by atoms with Crippen LogP contribution in [-0.2, 0) is 4.74 Å². The van der Waals surface area contributed by atoms with E-state index in [1.54, 1.807) is 11.8 Å². The summed E-state index contributed by atoms with van der Waals surface area (Å²) in [5.74, 6) is 3.07. The molecule has 0 N–H and O–H groups in total. The third kappa shape index (κ3) is 5.87. The summed E-state index contributed by atoms with van der Waals surface area (Å²) < 4.78 is 4.86. The van der Waals surface area contributed by atoms with Crippen LogP contribution < -0.4 is 0 Å². The van der Waals surface area contributed by atoms with Crippen LogP contribution >= 0.6 is 11.8 Å². The topological polar surface area (TPSA) is 9.23 Å². The average molecular weight is 116 g/mol. The van der Waals surface area contributed by atoms with E-state index in [0.717, 1.165) is 0 Å². The number of hydrogen-bond donors (Lipinski definition) is 0. The zero-order valence-corrected chi connectivity index (χ0v) is 5.12. The second-order valence-electron chi connectivity index (χ2n) is 0.959. The Morgan fingerprint density at radius 1 is 1.86 bits per heavy atom. The molecule has 0 atom stereocenters. The van der Waals surface area contributed by atoms with Gasteiger partial charge in [0.1, 0.15) is 6.61 Å². The molecule has 0 rings (SSSR count). The molecule has 0 aliphatic carbocycles. The highest BCUT2D eigenvalue weighted by Gasteiger charge is 1.75. The Hall–Kier alpha value is -0.130. The Labute approximate surface area is 48.4 Å². The van der Waals surface area contributed by atoms with E-state index < -0.39 is 0 Å². The van der Waals surface area contributed by atoms with Gasteiger partial charge in [-0.1, -0.05) is 5.92 Å². The Balaban J connectivity index is 2.60. The van der Waals surface area contributed by atoms with Crippen LogP contribution in [0.15, 0.2) is 0 Å². The summed E-state index contributed by atoms with van der Waals surface area (Å²) in [4.78, 5) is 0. The average Bonchev–Trinajstić information content (AvgIpc) is 1.69. The largest absolute Gasteiger partial charge is 0.358 e. The summed E-state index contributed by atoms with van der Waals surface area (Å²) in [5, 5.41) is 0. The highest BCUT2D eigenvalue weighted by molar-refractivity contribution is 7.98. The first-order chi connectivity index (χ1) is 3.41. The molecule has 0 heterocycles. The van der Waals surface area contributed by atoms with Crippen molar-refractivity contribution in [2.45, 2.75) is 0 Å². The van der Waals surface area contributed by atoms with Crippen LogP contribution in [-0.4, -0.2) is 18.8 Å². The molecule has 0 aromatic rings. The van der Waals surface area contributed by atoms with E-state index in [9.17, 15) is 0 Å². The van der Waals surface area contributed by atoms with E-state index in [1.165, 1.54) is 0 Å². The van der Waals surface area contributed by atoms with E-state index in [1.807, 2.05) is 6.26 Å². The number of hydrogen-bond acceptors (Lipinski definition) is 2. The third-order valence-electron chi connectivity index (χ3n) is 0.387. The smallest absolute Gasteiger partial charge is 0.108 e. The van der Waals surface area contributed by atoms with Crippen molar-refractivity contribution in [2.24, 2.45) is 0 Å². The van der Waals surface area contributed by atoms with Crippen molar-refractivity contribution in [3.05, 3.63) is 0 Å². The Bertz CT molecular complexity index is 65.0. The van der Waals surface area contributed by atoms with Gasteiger partial charge in [0.25, 0.3) is 0 Å². The minimum atomic E-state index is 0.431. The maximum Gasteiger partial charge on any atom is 0.108 e. The van der Waals surface area contributed by atoms with Gasteiger partial charge < -0.3 is 4.74 Å². The number of terminal acetylenes is 1. The number of thioether (sulfide) groups is 1. The molecule has 0 unspecified atom stereocenters. The molecule has 0 fully saturated rings. The molecule has 0 saturated heterocycles. The summed E-state index contributed by atoms with van der Waals surface area (Å²) in [6.45, 7) is 0.431. The van der Waals surface area contributed by atoms with E-state index in [0.29, 0.717) is 12.5 Å². The minimum absolute atomic E-state index is 0.431. The third-order valence-corrected chi connectivity index (χ3v) is 0.789. The first-order valence-corrected chi connectivity index (χ1v) is 3.31. The minimum Gasteiger partial charge on any atom is -0.358 e. The van der Waals surface area contributed by atoms with Gasteiger partial charge in [-0.25, -0.2) is 0 Å². The molecule has 0 saturated carbocycles. The molecule has 0 bridgehead atoms. The fraction of sp³-hybridized carbons (Fsp3) is 0.600. The van der Waals surface area contributed by atoms with Crippen LogP contribution in [0.25, 0.3) is 0 Å². The molecule has 7 heavy (non-hydrogen) atoms. The van der Waals surface area contributed by atoms with Crippen LogP contribution in [0.3, 0.4) is 0 Å². The van der Waals surface area contributed by atoms with Crippen LogP contribution in [0, 0.1) is 12.3 Å². The predicted molar refractivity (Wildman–Crippen MR) is 33.2 cm³/mol. The van der Waals surface area contributed by atoms with Gasteiger partial charge in [-0.3, -0.25) is 0 Å². The highest BCUT2D eigenvalue weighted by atomic mass is 32.2. The monoisotopic (exact) mass is 116 g/mol. The van der Waals surface area contributed by atoms with Crippen molar-refractivity contribution in [2.75, 3.05) is 18.8 Å². The van der Waals surface area contributed by atoms with Crippen LogP contribution in [0.1, 0.15) is 0 Å². The molecule has 1 nitrogen and oxygen atoms in total. The fourth-order valence-electron chi connectivity index (χ4n) is 0.184. The van der Waals surface area contributed by atoms with Crippen LogP contribution in [0.2, 0.25) is 0 Å². The van der Waals surface area contributed by atoms with Crippen molar-refractivity contribution < 1.29 is 4.74 Å².